The van der Waals surface area contributed by atoms with Crippen molar-refractivity contribution in [3.8, 4) is 11.1 Å². The summed E-state index contributed by atoms with van der Waals surface area (Å²) in [4.78, 5) is 33.2. The first-order chi connectivity index (χ1) is 26.7. The molecule has 0 spiro atoms. The van der Waals surface area contributed by atoms with Crippen molar-refractivity contribution in [3.05, 3.63) is 89.2 Å². The summed E-state index contributed by atoms with van der Waals surface area (Å²) >= 11 is 0. The third-order valence-corrected chi connectivity index (χ3v) is 11.0. The van der Waals surface area contributed by atoms with Crippen molar-refractivity contribution in [1.82, 2.24) is 24.9 Å². The van der Waals surface area contributed by atoms with Crippen molar-refractivity contribution in [3.63, 3.8) is 0 Å². The molecular weight excluding hydrogens is 693 g/mol. The predicted molar refractivity (Wildman–Crippen MR) is 220 cm³/mol. The van der Waals surface area contributed by atoms with Gasteiger partial charge < -0.3 is 41.8 Å². The Morgan fingerprint density at radius 2 is 1.78 bits per heavy atom. The smallest absolute Gasteiger partial charge is 0.253 e. The lowest BCUT2D eigenvalue weighted by Gasteiger charge is -2.43. The molecule has 1 amide bonds. The SMILES string of the molecule is CCC1c2c(cnn2C2CN(Cc3cccc(C(=O)N4CCCC4)c3)C2)-c2cccc(NC(=C/C(N)=NC)/C(N)=C\O)c2N1C.CNC1CC1.O=CC1CC1. The average Bonchev–Trinajstić information content (AvgIpc) is 4.12. The largest absolute Gasteiger partial charge is 0.513 e. The molecule has 1 aromatic heterocycles. The summed E-state index contributed by atoms with van der Waals surface area (Å²) < 4.78 is 2.23. The Balaban J connectivity index is 0.000000446. The summed E-state index contributed by atoms with van der Waals surface area (Å²) in [7, 11) is 5.72. The fraction of sp³-hybridized carbons (Fsp3) is 0.476. The van der Waals surface area contributed by atoms with E-state index in [1.807, 2.05) is 42.4 Å². The van der Waals surface area contributed by atoms with E-state index in [1.54, 1.807) is 13.1 Å². The van der Waals surface area contributed by atoms with Crippen LogP contribution in [0.1, 0.15) is 85.6 Å². The van der Waals surface area contributed by atoms with E-state index in [1.165, 1.54) is 18.5 Å². The first-order valence-electron chi connectivity index (χ1n) is 19.7. The van der Waals surface area contributed by atoms with Crippen LogP contribution in [0.5, 0.6) is 0 Å². The van der Waals surface area contributed by atoms with Gasteiger partial charge in [-0.2, -0.15) is 5.10 Å². The minimum Gasteiger partial charge on any atom is -0.513 e. The van der Waals surface area contributed by atoms with Gasteiger partial charge in [0.15, 0.2) is 0 Å². The summed E-state index contributed by atoms with van der Waals surface area (Å²) in [6, 6.07) is 15.5. The Bertz CT molecular complexity index is 1900. The molecular formula is C42H58N10O3. The lowest BCUT2D eigenvalue weighted by molar-refractivity contribution is -0.108. The Labute approximate surface area is 325 Å². The van der Waals surface area contributed by atoms with Gasteiger partial charge in [0.2, 0.25) is 0 Å². The van der Waals surface area contributed by atoms with Crippen LogP contribution in [0.2, 0.25) is 0 Å². The van der Waals surface area contributed by atoms with Crippen molar-refractivity contribution in [2.24, 2.45) is 22.4 Å². The highest BCUT2D eigenvalue weighted by molar-refractivity contribution is 5.96. The van der Waals surface area contributed by atoms with Gasteiger partial charge in [-0.05, 0) is 75.8 Å². The number of rotatable bonds is 11. The third-order valence-electron chi connectivity index (χ3n) is 11.0. The van der Waals surface area contributed by atoms with Crippen molar-refractivity contribution < 1.29 is 14.7 Å². The number of para-hydroxylation sites is 1. The average molecular weight is 751 g/mol. The van der Waals surface area contributed by atoms with Gasteiger partial charge in [-0.25, -0.2) is 0 Å². The van der Waals surface area contributed by atoms with E-state index in [0.29, 0.717) is 11.6 Å². The van der Waals surface area contributed by atoms with Gasteiger partial charge in [-0.1, -0.05) is 31.2 Å². The van der Waals surface area contributed by atoms with Crippen LogP contribution in [0.15, 0.2) is 77.4 Å². The van der Waals surface area contributed by atoms with E-state index < -0.39 is 0 Å². The number of carbonyl (C=O) groups excluding carboxylic acids is 2. The van der Waals surface area contributed by atoms with E-state index in [0.717, 1.165) is 117 Å². The van der Waals surface area contributed by atoms with Gasteiger partial charge in [-0.15, -0.1) is 0 Å². The lowest BCUT2D eigenvalue weighted by Crippen LogP contribution is -2.48. The summed E-state index contributed by atoms with van der Waals surface area (Å²) in [5.74, 6) is 0.884. The second-order valence-electron chi connectivity index (χ2n) is 15.1. The van der Waals surface area contributed by atoms with Crippen LogP contribution in [0.3, 0.4) is 0 Å². The number of aldehydes is 1. The molecule has 5 aliphatic rings. The Kier molecular flexibility index (Phi) is 12.9. The van der Waals surface area contributed by atoms with Crippen LogP contribution < -0.4 is 27.0 Å². The Morgan fingerprint density at radius 3 is 2.36 bits per heavy atom. The molecule has 0 bridgehead atoms. The number of anilines is 2. The minimum absolute atomic E-state index is 0.112. The second kappa shape index (κ2) is 18.0. The molecule has 8 rings (SSSR count). The molecule has 2 saturated heterocycles. The van der Waals surface area contributed by atoms with Crippen molar-refractivity contribution in [1.29, 1.82) is 0 Å². The number of aliphatic imine (C=N–C) groups is 1. The normalized spacial score (nSPS) is 20.0. The number of nitrogens with zero attached hydrogens (tertiary/aromatic N) is 6. The highest BCUT2D eigenvalue weighted by atomic mass is 16.2. The molecule has 294 valence electrons. The number of aliphatic hydroxyl groups excluding tert-OH is 1. The number of aromatic nitrogens is 2. The number of nitrogens with one attached hydrogen (secondary N) is 2. The Morgan fingerprint density at radius 1 is 1.05 bits per heavy atom. The number of carbonyl (C=O) groups is 2. The molecule has 2 aromatic carbocycles. The van der Waals surface area contributed by atoms with E-state index in [2.05, 4.69) is 62.3 Å². The van der Waals surface area contributed by atoms with Gasteiger partial charge in [-0.3, -0.25) is 19.4 Å². The predicted octanol–water partition coefficient (Wildman–Crippen LogP) is 5.35. The number of amidine groups is 1. The molecule has 3 aromatic rings. The summed E-state index contributed by atoms with van der Waals surface area (Å²) in [6.07, 6.45) is 13.6. The molecule has 7 N–H and O–H groups in total. The van der Waals surface area contributed by atoms with Crippen LogP contribution in [0.25, 0.3) is 11.1 Å². The number of aliphatic hydroxyl groups is 1. The van der Waals surface area contributed by atoms with Gasteiger partial charge in [0, 0.05) is 81.5 Å². The molecule has 4 fully saturated rings. The van der Waals surface area contributed by atoms with Crippen LogP contribution >= 0.6 is 0 Å². The lowest BCUT2D eigenvalue weighted by atomic mass is 9.91. The van der Waals surface area contributed by atoms with E-state index in [4.69, 9.17) is 16.6 Å². The standard InChI is InChI=1S/C34H43N9O2.C4H9N.C4H6O/c1-4-30-33-26(25-11-8-12-28(32(25)40(30)3)39-29(27(35)21-44)16-31(36)37-2)17-38-43(33)24-19-41(20-24)18-22-9-7-10-23(15-22)34(45)42-13-5-6-14-42;1-5-4-2-3-4;5-3-4-1-2-4/h7-12,15-17,21,24,30,39,44H,4-6,13-14,18-20,35H2,1-3H3,(H2,36,37);4-5H,2-3H2,1H3;3-4H,1-2H2/b27-21+,29-16+;;. The first-order valence-corrected chi connectivity index (χ1v) is 19.7. The van der Waals surface area contributed by atoms with E-state index in [9.17, 15) is 14.7 Å². The molecule has 2 aliphatic carbocycles. The quantitative estimate of drug-likeness (QED) is 0.0566. The molecule has 13 nitrogen and oxygen atoms in total. The first kappa shape index (κ1) is 39.6. The minimum atomic E-state index is 0.112. The van der Waals surface area contributed by atoms with Gasteiger partial charge in [0.25, 0.3) is 5.91 Å². The monoisotopic (exact) mass is 750 g/mol. The van der Waals surface area contributed by atoms with Gasteiger partial charge in [0.05, 0.1) is 46.7 Å². The third kappa shape index (κ3) is 9.40. The number of benzene rings is 2. The van der Waals surface area contributed by atoms with Crippen LogP contribution in [-0.4, -0.2) is 96.1 Å². The number of hydrogen-bond donors (Lipinski definition) is 5. The fourth-order valence-corrected chi connectivity index (χ4v) is 7.46. The maximum atomic E-state index is 12.9. The molecule has 2 saturated carbocycles. The number of hydrogen-bond acceptors (Lipinski definition) is 10. The Hall–Kier alpha value is -5.14. The highest BCUT2D eigenvalue weighted by Crippen LogP contribution is 2.49. The zero-order chi connectivity index (χ0) is 39.1. The van der Waals surface area contributed by atoms with E-state index in [-0.39, 0.29) is 29.5 Å². The van der Waals surface area contributed by atoms with Crippen molar-refractivity contribution in [2.45, 2.75) is 76.5 Å². The topological polar surface area (TPSA) is 170 Å². The zero-order valence-corrected chi connectivity index (χ0v) is 32.7. The maximum absolute atomic E-state index is 12.9. The van der Waals surface area contributed by atoms with Crippen LogP contribution in [-0.2, 0) is 11.3 Å². The van der Waals surface area contributed by atoms with E-state index >= 15 is 0 Å². The number of nitrogens with two attached hydrogens (primary N) is 2. The van der Waals surface area contributed by atoms with Crippen LogP contribution in [0.4, 0.5) is 11.4 Å². The second-order valence-corrected chi connectivity index (χ2v) is 15.1. The molecule has 1 atom stereocenters. The summed E-state index contributed by atoms with van der Waals surface area (Å²) in [5, 5.41) is 21.1. The van der Waals surface area contributed by atoms with Crippen molar-refractivity contribution in [2.75, 3.05) is 57.5 Å². The summed E-state index contributed by atoms with van der Waals surface area (Å²) in [6.45, 7) is 6.52. The maximum Gasteiger partial charge on any atom is 0.253 e. The number of amides is 1. The summed E-state index contributed by atoms with van der Waals surface area (Å²) in [5.41, 5.74) is 19.9. The zero-order valence-electron chi connectivity index (χ0n) is 32.7. The number of likely N-dealkylation sites (tertiary alicyclic amines) is 2. The van der Waals surface area contributed by atoms with Crippen LogP contribution in [0, 0.1) is 5.92 Å². The molecule has 3 aliphatic heterocycles. The van der Waals surface area contributed by atoms with Crippen molar-refractivity contribution >= 4 is 29.4 Å². The molecule has 55 heavy (non-hydrogen) atoms. The fourth-order valence-electron chi connectivity index (χ4n) is 7.46. The number of fused-ring (bicyclic) bond motifs is 3. The molecule has 1 unspecified atom stereocenters. The molecule has 4 heterocycles. The molecule has 13 heteroatoms. The highest BCUT2D eigenvalue weighted by Gasteiger charge is 2.38. The van der Waals surface area contributed by atoms with Gasteiger partial charge in [0.1, 0.15) is 18.4 Å². The molecule has 0 radical (unpaired) electrons. The van der Waals surface area contributed by atoms with Gasteiger partial charge >= 0.3 is 0 Å².